The van der Waals surface area contributed by atoms with Crippen LogP contribution in [-0.4, -0.2) is 20.8 Å². The molecule has 1 aromatic carbocycles. The summed E-state index contributed by atoms with van der Waals surface area (Å²) in [5.41, 5.74) is 1.03. The van der Waals surface area contributed by atoms with Gasteiger partial charge in [-0.25, -0.2) is 0 Å². The largest absolute Gasteiger partial charge is 0.496 e. The Hall–Kier alpha value is -1.94. The zero-order valence-electron chi connectivity index (χ0n) is 12.9. The number of nitrogens with one attached hydrogen (secondary N) is 1. The number of ether oxygens (including phenoxy) is 2. The lowest BCUT2D eigenvalue weighted by Crippen LogP contribution is -2.25. The molecular weight excluding hydrogens is 266 g/mol. The molecule has 1 atom stereocenters. The first-order valence-electron chi connectivity index (χ1n) is 7.26. The lowest BCUT2D eigenvalue weighted by molar-refractivity contribution is 0.363. The smallest absolute Gasteiger partial charge is 0.127 e. The number of furan rings is 1. The van der Waals surface area contributed by atoms with Crippen LogP contribution in [-0.2, 0) is 6.42 Å². The molecule has 1 heterocycles. The Kier molecular flexibility index (Phi) is 5.69. The topological polar surface area (TPSA) is 43.6 Å². The maximum atomic E-state index is 5.52. The quantitative estimate of drug-likeness (QED) is 0.806. The maximum absolute atomic E-state index is 5.52. The summed E-state index contributed by atoms with van der Waals surface area (Å²) in [6.45, 7) is 3.07. The van der Waals surface area contributed by atoms with Gasteiger partial charge >= 0.3 is 0 Å². The molecule has 4 heteroatoms. The molecule has 0 saturated heterocycles. The van der Waals surface area contributed by atoms with Gasteiger partial charge in [-0.05, 0) is 37.2 Å². The summed E-state index contributed by atoms with van der Waals surface area (Å²) in [4.78, 5) is 0. The van der Waals surface area contributed by atoms with Crippen molar-refractivity contribution in [3.05, 3.63) is 47.9 Å². The van der Waals surface area contributed by atoms with Crippen LogP contribution in [0.25, 0.3) is 0 Å². The van der Waals surface area contributed by atoms with Gasteiger partial charge in [0.25, 0.3) is 0 Å². The molecule has 1 unspecified atom stereocenters. The SMILES string of the molecule is CCCNC(Cc1ccco1)c1c(OC)cccc1OC. The van der Waals surface area contributed by atoms with Crippen LogP contribution in [0.15, 0.2) is 41.0 Å². The van der Waals surface area contributed by atoms with E-state index >= 15 is 0 Å². The second kappa shape index (κ2) is 7.74. The summed E-state index contributed by atoms with van der Waals surface area (Å²) in [5.74, 6) is 2.60. The number of rotatable bonds is 8. The van der Waals surface area contributed by atoms with E-state index in [4.69, 9.17) is 13.9 Å². The zero-order chi connectivity index (χ0) is 15.1. The van der Waals surface area contributed by atoms with Crippen molar-refractivity contribution < 1.29 is 13.9 Å². The number of methoxy groups -OCH3 is 2. The van der Waals surface area contributed by atoms with E-state index in [0.29, 0.717) is 0 Å². The van der Waals surface area contributed by atoms with Gasteiger partial charge < -0.3 is 19.2 Å². The lowest BCUT2D eigenvalue weighted by atomic mass is 9.99. The van der Waals surface area contributed by atoms with Crippen molar-refractivity contribution in [2.45, 2.75) is 25.8 Å². The average Bonchev–Trinajstić information content (AvgIpc) is 3.03. The molecule has 0 aliphatic rings. The summed E-state index contributed by atoms with van der Waals surface area (Å²) in [7, 11) is 3.37. The molecule has 0 aliphatic heterocycles. The van der Waals surface area contributed by atoms with Crippen molar-refractivity contribution >= 4 is 0 Å². The summed E-state index contributed by atoms with van der Waals surface area (Å²) in [5, 5.41) is 3.55. The van der Waals surface area contributed by atoms with Crippen LogP contribution in [0.2, 0.25) is 0 Å². The Balaban J connectivity index is 2.34. The highest BCUT2D eigenvalue weighted by molar-refractivity contribution is 5.47. The summed E-state index contributed by atoms with van der Waals surface area (Å²) < 4.78 is 16.5. The van der Waals surface area contributed by atoms with Crippen molar-refractivity contribution in [3.63, 3.8) is 0 Å². The maximum Gasteiger partial charge on any atom is 0.127 e. The molecule has 4 nitrogen and oxygen atoms in total. The molecule has 2 aromatic rings. The molecule has 1 N–H and O–H groups in total. The van der Waals surface area contributed by atoms with E-state index in [9.17, 15) is 0 Å². The molecule has 0 saturated carbocycles. The molecule has 0 spiro atoms. The molecule has 0 aliphatic carbocycles. The Labute approximate surface area is 126 Å². The molecule has 0 radical (unpaired) electrons. The molecular formula is C17H23NO3. The van der Waals surface area contributed by atoms with Gasteiger partial charge in [0.1, 0.15) is 17.3 Å². The summed E-state index contributed by atoms with van der Waals surface area (Å²) in [6, 6.07) is 9.84. The van der Waals surface area contributed by atoms with E-state index < -0.39 is 0 Å². The van der Waals surface area contributed by atoms with Crippen LogP contribution < -0.4 is 14.8 Å². The molecule has 21 heavy (non-hydrogen) atoms. The van der Waals surface area contributed by atoms with E-state index in [1.165, 1.54) is 0 Å². The van der Waals surface area contributed by atoms with Crippen molar-refractivity contribution in [2.75, 3.05) is 20.8 Å². The molecule has 0 fully saturated rings. The molecule has 114 valence electrons. The summed E-state index contributed by atoms with van der Waals surface area (Å²) >= 11 is 0. The fourth-order valence-corrected chi connectivity index (χ4v) is 2.45. The van der Waals surface area contributed by atoms with Crippen LogP contribution in [0, 0.1) is 0 Å². The Bertz CT molecular complexity index is 515. The van der Waals surface area contributed by atoms with Crippen molar-refractivity contribution in [3.8, 4) is 11.5 Å². The predicted molar refractivity (Wildman–Crippen MR) is 83.0 cm³/mol. The van der Waals surface area contributed by atoms with Gasteiger partial charge in [-0.2, -0.15) is 0 Å². The van der Waals surface area contributed by atoms with Crippen molar-refractivity contribution in [1.29, 1.82) is 0 Å². The second-order valence-electron chi connectivity index (χ2n) is 4.87. The first kappa shape index (κ1) is 15.4. The van der Waals surface area contributed by atoms with Gasteiger partial charge in [-0.1, -0.05) is 13.0 Å². The van der Waals surface area contributed by atoms with Crippen LogP contribution in [0.3, 0.4) is 0 Å². The molecule has 0 amide bonds. The van der Waals surface area contributed by atoms with Gasteiger partial charge in [0.2, 0.25) is 0 Å². The fourth-order valence-electron chi connectivity index (χ4n) is 2.45. The minimum absolute atomic E-state index is 0.0854. The lowest BCUT2D eigenvalue weighted by Gasteiger charge is -2.22. The normalized spacial score (nSPS) is 12.1. The molecule has 0 bridgehead atoms. The van der Waals surface area contributed by atoms with Gasteiger partial charge in [0, 0.05) is 12.5 Å². The highest BCUT2D eigenvalue weighted by Crippen LogP contribution is 2.35. The molecule has 2 rings (SSSR count). The van der Waals surface area contributed by atoms with Crippen molar-refractivity contribution in [1.82, 2.24) is 5.32 Å². The predicted octanol–water partition coefficient (Wildman–Crippen LogP) is 3.58. The van der Waals surface area contributed by atoms with E-state index in [2.05, 4.69) is 12.2 Å². The van der Waals surface area contributed by atoms with Crippen LogP contribution in [0.5, 0.6) is 11.5 Å². The van der Waals surface area contributed by atoms with E-state index in [1.54, 1.807) is 20.5 Å². The van der Waals surface area contributed by atoms with Gasteiger partial charge in [-0.3, -0.25) is 0 Å². The van der Waals surface area contributed by atoms with Gasteiger partial charge in [0.15, 0.2) is 0 Å². The highest BCUT2D eigenvalue weighted by Gasteiger charge is 2.21. The Morgan fingerprint density at radius 2 is 1.81 bits per heavy atom. The van der Waals surface area contributed by atoms with E-state index in [-0.39, 0.29) is 6.04 Å². The Morgan fingerprint density at radius 3 is 2.33 bits per heavy atom. The highest BCUT2D eigenvalue weighted by atomic mass is 16.5. The number of benzene rings is 1. The third-order valence-electron chi connectivity index (χ3n) is 3.44. The first-order chi connectivity index (χ1) is 10.3. The second-order valence-corrected chi connectivity index (χ2v) is 4.87. The van der Waals surface area contributed by atoms with Crippen molar-refractivity contribution in [2.24, 2.45) is 0 Å². The minimum Gasteiger partial charge on any atom is -0.496 e. The Morgan fingerprint density at radius 1 is 1.10 bits per heavy atom. The summed E-state index contributed by atoms with van der Waals surface area (Å²) in [6.07, 6.45) is 3.52. The third kappa shape index (κ3) is 3.79. The van der Waals surface area contributed by atoms with Crippen LogP contribution in [0.4, 0.5) is 0 Å². The first-order valence-corrected chi connectivity index (χ1v) is 7.26. The zero-order valence-corrected chi connectivity index (χ0v) is 12.9. The average molecular weight is 289 g/mol. The van der Waals surface area contributed by atoms with Gasteiger partial charge in [0.05, 0.1) is 26.0 Å². The van der Waals surface area contributed by atoms with E-state index in [1.807, 2.05) is 30.3 Å². The van der Waals surface area contributed by atoms with Crippen LogP contribution in [0.1, 0.15) is 30.7 Å². The van der Waals surface area contributed by atoms with Crippen LogP contribution >= 0.6 is 0 Å². The monoisotopic (exact) mass is 289 g/mol. The third-order valence-corrected chi connectivity index (χ3v) is 3.44. The standard InChI is InChI=1S/C17H23NO3/c1-4-10-18-14(12-13-7-6-11-21-13)17-15(19-2)8-5-9-16(17)20-3/h5-9,11,14,18H,4,10,12H2,1-3H3. The van der Waals surface area contributed by atoms with E-state index in [0.717, 1.165) is 42.2 Å². The minimum atomic E-state index is 0.0854. The van der Waals surface area contributed by atoms with Gasteiger partial charge in [-0.15, -0.1) is 0 Å². The number of hydrogen-bond acceptors (Lipinski definition) is 4. The molecule has 1 aromatic heterocycles. The number of hydrogen-bond donors (Lipinski definition) is 1. The fraction of sp³-hybridized carbons (Fsp3) is 0.412.